The second kappa shape index (κ2) is 6.42. The summed E-state index contributed by atoms with van der Waals surface area (Å²) in [5, 5.41) is 2.34. The number of benzene rings is 1. The predicted octanol–water partition coefficient (Wildman–Crippen LogP) is 0.759. The molecule has 0 bridgehead atoms. The summed E-state index contributed by atoms with van der Waals surface area (Å²) in [5.41, 5.74) is 8.94. The number of nitrogens with one attached hydrogen (secondary N) is 1. The van der Waals surface area contributed by atoms with E-state index >= 15 is 0 Å². The van der Waals surface area contributed by atoms with E-state index < -0.39 is 6.04 Å². The highest BCUT2D eigenvalue weighted by molar-refractivity contribution is 6.05. The average Bonchev–Trinajstić information content (AvgIpc) is 3.03. The van der Waals surface area contributed by atoms with E-state index in [1.54, 1.807) is 4.90 Å². The molecule has 3 amide bonds. The van der Waals surface area contributed by atoms with Crippen LogP contribution in [-0.2, 0) is 22.7 Å². The van der Waals surface area contributed by atoms with Gasteiger partial charge < -0.3 is 10.6 Å². The molecule has 2 saturated heterocycles. The zero-order valence-corrected chi connectivity index (χ0v) is 15.8. The van der Waals surface area contributed by atoms with Gasteiger partial charge in [0.2, 0.25) is 11.8 Å². The lowest BCUT2D eigenvalue weighted by Crippen LogP contribution is -2.52. The molecular weight excluding hydrogens is 344 g/mol. The van der Waals surface area contributed by atoms with Crippen molar-refractivity contribution in [2.24, 2.45) is 5.73 Å². The van der Waals surface area contributed by atoms with Crippen LogP contribution < -0.4 is 11.1 Å². The number of imide groups is 1. The number of piperidine rings is 1. The van der Waals surface area contributed by atoms with E-state index in [1.807, 2.05) is 12.1 Å². The van der Waals surface area contributed by atoms with Crippen LogP contribution in [0.15, 0.2) is 18.2 Å². The van der Waals surface area contributed by atoms with Crippen LogP contribution in [-0.4, -0.2) is 51.7 Å². The van der Waals surface area contributed by atoms with Gasteiger partial charge in [0.25, 0.3) is 5.91 Å². The Bertz CT molecular complexity index is 819. The topological polar surface area (TPSA) is 95.7 Å². The van der Waals surface area contributed by atoms with E-state index in [2.05, 4.69) is 30.1 Å². The number of hydrogen-bond donors (Lipinski definition) is 2. The Morgan fingerprint density at radius 1 is 1.26 bits per heavy atom. The van der Waals surface area contributed by atoms with E-state index in [9.17, 15) is 14.4 Å². The van der Waals surface area contributed by atoms with Crippen LogP contribution in [0.5, 0.6) is 0 Å². The van der Waals surface area contributed by atoms with Crippen LogP contribution in [0.2, 0.25) is 0 Å². The number of nitrogens with two attached hydrogens (primary N) is 1. The second-order valence-electron chi connectivity index (χ2n) is 8.55. The number of amides is 3. The summed E-state index contributed by atoms with van der Waals surface area (Å²) in [6, 6.07) is 5.55. The van der Waals surface area contributed by atoms with Gasteiger partial charge in [-0.3, -0.25) is 24.6 Å². The molecule has 4 rings (SSSR count). The lowest BCUT2D eigenvalue weighted by atomic mass is 9.99. The molecule has 1 aromatic rings. The van der Waals surface area contributed by atoms with Crippen molar-refractivity contribution < 1.29 is 14.4 Å². The fourth-order valence-electron chi connectivity index (χ4n) is 4.59. The number of carbonyl (C=O) groups excluding carboxylic acids is 3. The number of hydrogen-bond acceptors (Lipinski definition) is 5. The Morgan fingerprint density at radius 3 is 2.70 bits per heavy atom. The molecule has 1 aromatic carbocycles. The number of rotatable bonds is 3. The molecule has 2 fully saturated rings. The largest absolute Gasteiger partial charge is 0.326 e. The van der Waals surface area contributed by atoms with Crippen molar-refractivity contribution in [3.8, 4) is 0 Å². The van der Waals surface area contributed by atoms with Crippen molar-refractivity contribution in [2.75, 3.05) is 6.54 Å². The van der Waals surface area contributed by atoms with E-state index in [1.165, 1.54) is 0 Å². The van der Waals surface area contributed by atoms with Crippen molar-refractivity contribution in [3.63, 3.8) is 0 Å². The summed E-state index contributed by atoms with van der Waals surface area (Å²) in [7, 11) is 0. The average molecular weight is 370 g/mol. The number of likely N-dealkylation sites (tertiary alicyclic amines) is 1. The van der Waals surface area contributed by atoms with E-state index in [-0.39, 0.29) is 35.7 Å². The minimum Gasteiger partial charge on any atom is -0.326 e. The third-order valence-corrected chi connectivity index (χ3v) is 6.03. The molecule has 27 heavy (non-hydrogen) atoms. The maximum atomic E-state index is 12.8. The first-order chi connectivity index (χ1) is 12.7. The minimum atomic E-state index is -0.568. The smallest absolute Gasteiger partial charge is 0.255 e. The third kappa shape index (κ3) is 3.26. The summed E-state index contributed by atoms with van der Waals surface area (Å²) in [5.74, 6) is -0.774. The quantitative estimate of drug-likeness (QED) is 0.766. The fraction of sp³-hybridized carbons (Fsp3) is 0.550. The molecule has 7 nitrogen and oxygen atoms in total. The van der Waals surface area contributed by atoms with Crippen molar-refractivity contribution in [2.45, 2.75) is 63.8 Å². The van der Waals surface area contributed by atoms with Crippen molar-refractivity contribution in [3.05, 3.63) is 34.9 Å². The van der Waals surface area contributed by atoms with Crippen molar-refractivity contribution >= 4 is 17.7 Å². The highest BCUT2D eigenvalue weighted by atomic mass is 16.2. The first kappa shape index (κ1) is 18.1. The molecule has 3 N–H and O–H groups in total. The third-order valence-electron chi connectivity index (χ3n) is 6.03. The summed E-state index contributed by atoms with van der Waals surface area (Å²) in [6.07, 6.45) is 1.63. The zero-order valence-electron chi connectivity index (χ0n) is 15.8. The van der Waals surface area contributed by atoms with Gasteiger partial charge in [-0.2, -0.15) is 0 Å². The van der Waals surface area contributed by atoms with Gasteiger partial charge in [0.1, 0.15) is 6.04 Å². The van der Waals surface area contributed by atoms with Gasteiger partial charge in [-0.1, -0.05) is 12.1 Å². The Morgan fingerprint density at radius 2 is 2.04 bits per heavy atom. The van der Waals surface area contributed by atoms with Gasteiger partial charge in [-0.05, 0) is 43.9 Å². The zero-order chi connectivity index (χ0) is 19.3. The molecule has 3 heterocycles. The summed E-state index contributed by atoms with van der Waals surface area (Å²) in [4.78, 5) is 40.2. The highest BCUT2D eigenvalue weighted by Crippen LogP contribution is 2.32. The number of fused-ring (bicyclic) bond motifs is 1. The van der Waals surface area contributed by atoms with Gasteiger partial charge in [0.15, 0.2) is 0 Å². The van der Waals surface area contributed by atoms with Crippen molar-refractivity contribution in [1.82, 2.24) is 15.1 Å². The fourth-order valence-corrected chi connectivity index (χ4v) is 4.59. The standard InChI is InChI=1S/C20H26N4O3/c1-20(2)8-14(21)11-23(20)9-12-3-4-15-13(7-12)10-24(19(15)27)16-5-6-17(25)22-18(16)26/h3-4,7,14,16H,5-6,8-11,21H2,1-2H3,(H,22,25,26). The van der Waals surface area contributed by atoms with Gasteiger partial charge in [-0.15, -0.1) is 0 Å². The highest BCUT2D eigenvalue weighted by Gasteiger charge is 2.40. The van der Waals surface area contributed by atoms with Gasteiger partial charge in [0.05, 0.1) is 0 Å². The lowest BCUT2D eigenvalue weighted by molar-refractivity contribution is -0.136. The summed E-state index contributed by atoms with van der Waals surface area (Å²) < 4.78 is 0. The Kier molecular flexibility index (Phi) is 4.31. The minimum absolute atomic E-state index is 0.0625. The van der Waals surface area contributed by atoms with Gasteiger partial charge in [-0.25, -0.2) is 0 Å². The van der Waals surface area contributed by atoms with Crippen LogP contribution in [0.1, 0.15) is 54.6 Å². The SMILES string of the molecule is CC1(C)CC(N)CN1Cc1ccc2c(c1)CN(C1CCC(=O)NC1=O)C2=O. The van der Waals surface area contributed by atoms with E-state index in [0.29, 0.717) is 18.5 Å². The maximum Gasteiger partial charge on any atom is 0.255 e. The summed E-state index contributed by atoms with van der Waals surface area (Å²) >= 11 is 0. The van der Waals surface area contributed by atoms with Crippen LogP contribution in [0.25, 0.3) is 0 Å². The van der Waals surface area contributed by atoms with Crippen molar-refractivity contribution in [1.29, 1.82) is 0 Å². The Balaban J connectivity index is 1.51. The van der Waals surface area contributed by atoms with Crippen LogP contribution >= 0.6 is 0 Å². The molecule has 7 heteroatoms. The monoisotopic (exact) mass is 370 g/mol. The number of carbonyl (C=O) groups is 3. The molecule has 3 aliphatic rings. The molecule has 144 valence electrons. The van der Waals surface area contributed by atoms with E-state index in [0.717, 1.165) is 30.6 Å². The molecule has 3 aliphatic heterocycles. The first-order valence-electron chi connectivity index (χ1n) is 9.52. The molecule has 0 aliphatic carbocycles. The molecule has 2 atom stereocenters. The van der Waals surface area contributed by atoms with Gasteiger partial charge >= 0.3 is 0 Å². The number of nitrogens with zero attached hydrogens (tertiary/aromatic N) is 2. The molecule has 0 saturated carbocycles. The molecule has 0 spiro atoms. The van der Waals surface area contributed by atoms with Crippen LogP contribution in [0.4, 0.5) is 0 Å². The molecule has 0 radical (unpaired) electrons. The van der Waals surface area contributed by atoms with Crippen LogP contribution in [0, 0.1) is 0 Å². The maximum absolute atomic E-state index is 12.8. The lowest BCUT2D eigenvalue weighted by Gasteiger charge is -2.31. The molecule has 2 unspecified atom stereocenters. The Labute approximate surface area is 158 Å². The van der Waals surface area contributed by atoms with Gasteiger partial charge in [0, 0.05) is 43.2 Å². The normalized spacial score (nSPS) is 27.8. The summed E-state index contributed by atoms with van der Waals surface area (Å²) in [6.45, 7) is 6.49. The second-order valence-corrected chi connectivity index (χ2v) is 8.55. The predicted molar refractivity (Wildman–Crippen MR) is 99.6 cm³/mol. The first-order valence-corrected chi connectivity index (χ1v) is 9.52. The molecule has 0 aromatic heterocycles. The molecular formula is C20H26N4O3. The van der Waals surface area contributed by atoms with Crippen LogP contribution in [0.3, 0.4) is 0 Å². The Hall–Kier alpha value is -2.25. The van der Waals surface area contributed by atoms with E-state index in [4.69, 9.17) is 5.73 Å².